The molecule has 0 radical (unpaired) electrons. The van der Waals surface area contributed by atoms with Crippen LogP contribution in [0.2, 0.25) is 5.02 Å². The van der Waals surface area contributed by atoms with E-state index in [0.29, 0.717) is 0 Å². The summed E-state index contributed by atoms with van der Waals surface area (Å²) in [5, 5.41) is 9.05. The number of hydrogen-bond acceptors (Lipinski definition) is 3. The molecular weight excluding hydrogens is 289 g/mol. The minimum atomic E-state index is -1.12. The number of carbonyl (C=O) groups is 2. The van der Waals surface area contributed by atoms with Crippen LogP contribution >= 0.6 is 11.6 Å². The van der Waals surface area contributed by atoms with Crippen molar-refractivity contribution in [3.05, 3.63) is 34.6 Å². The second-order valence-corrected chi connectivity index (χ2v) is 4.82. The molecule has 20 heavy (non-hydrogen) atoms. The molecule has 1 aliphatic rings. The van der Waals surface area contributed by atoms with Crippen molar-refractivity contribution in [1.29, 1.82) is 0 Å². The molecule has 1 saturated heterocycles. The third-order valence-electron chi connectivity index (χ3n) is 3.08. The van der Waals surface area contributed by atoms with E-state index in [4.69, 9.17) is 21.4 Å². The van der Waals surface area contributed by atoms with Crippen molar-refractivity contribution >= 4 is 23.5 Å². The van der Waals surface area contributed by atoms with Gasteiger partial charge in [0.05, 0.1) is 19.6 Å². The topological polar surface area (TPSA) is 66.8 Å². The van der Waals surface area contributed by atoms with E-state index in [9.17, 15) is 14.0 Å². The van der Waals surface area contributed by atoms with Crippen LogP contribution < -0.4 is 0 Å². The molecule has 1 aliphatic heterocycles. The second-order valence-electron chi connectivity index (χ2n) is 4.41. The van der Waals surface area contributed by atoms with Gasteiger partial charge in [0.25, 0.3) is 0 Å². The molecule has 1 atom stereocenters. The summed E-state index contributed by atoms with van der Waals surface area (Å²) in [6.07, 6.45) is -1.23. The van der Waals surface area contributed by atoms with Gasteiger partial charge in [0.15, 0.2) is 6.10 Å². The minimum absolute atomic E-state index is 0.0414. The van der Waals surface area contributed by atoms with E-state index < -0.39 is 17.9 Å². The van der Waals surface area contributed by atoms with Gasteiger partial charge in [-0.1, -0.05) is 17.7 Å². The summed E-state index contributed by atoms with van der Waals surface area (Å²) in [7, 11) is 0. The van der Waals surface area contributed by atoms with E-state index in [1.807, 2.05) is 0 Å². The summed E-state index contributed by atoms with van der Waals surface area (Å²) < 4.78 is 18.6. The number of hydrogen-bond donors (Lipinski definition) is 1. The monoisotopic (exact) mass is 301 g/mol. The Morgan fingerprint density at radius 2 is 2.25 bits per heavy atom. The highest BCUT2D eigenvalue weighted by atomic mass is 35.5. The summed E-state index contributed by atoms with van der Waals surface area (Å²) in [6, 6.07) is 4.20. The Morgan fingerprint density at radius 1 is 1.50 bits per heavy atom. The molecule has 5 nitrogen and oxygen atoms in total. The first kappa shape index (κ1) is 14.7. The number of carboxylic acids is 1. The molecule has 1 aromatic carbocycles. The van der Waals surface area contributed by atoms with Crippen molar-refractivity contribution in [1.82, 2.24) is 4.90 Å². The largest absolute Gasteiger partial charge is 0.479 e. The van der Waals surface area contributed by atoms with Crippen molar-refractivity contribution in [2.75, 3.05) is 19.7 Å². The highest BCUT2D eigenvalue weighted by molar-refractivity contribution is 6.31. The summed E-state index contributed by atoms with van der Waals surface area (Å²) in [4.78, 5) is 24.3. The third kappa shape index (κ3) is 3.26. The molecule has 0 aromatic heterocycles. The summed E-state index contributed by atoms with van der Waals surface area (Å²) >= 11 is 5.86. The molecule has 1 aromatic rings. The zero-order valence-electron chi connectivity index (χ0n) is 10.5. The number of ether oxygens (including phenoxy) is 1. The van der Waals surface area contributed by atoms with Gasteiger partial charge in [0.2, 0.25) is 5.91 Å². The minimum Gasteiger partial charge on any atom is -0.479 e. The Labute approximate surface area is 119 Å². The van der Waals surface area contributed by atoms with E-state index in [-0.39, 0.29) is 42.6 Å². The van der Waals surface area contributed by atoms with Crippen LogP contribution in [-0.4, -0.2) is 47.7 Å². The number of carboxylic acid groups (broad SMARTS) is 1. The van der Waals surface area contributed by atoms with Gasteiger partial charge in [-0.2, -0.15) is 0 Å². The first-order valence-corrected chi connectivity index (χ1v) is 6.42. The van der Waals surface area contributed by atoms with Gasteiger partial charge in [0, 0.05) is 17.1 Å². The van der Waals surface area contributed by atoms with E-state index in [1.54, 1.807) is 0 Å². The maximum Gasteiger partial charge on any atom is 0.334 e. The first-order valence-electron chi connectivity index (χ1n) is 6.04. The van der Waals surface area contributed by atoms with Crippen LogP contribution in [0.4, 0.5) is 4.39 Å². The first-order chi connectivity index (χ1) is 9.49. The molecular formula is C13H13ClFNO4. The van der Waals surface area contributed by atoms with Crippen LogP contribution in [0, 0.1) is 5.82 Å². The van der Waals surface area contributed by atoms with Crippen LogP contribution in [0.3, 0.4) is 0 Å². The molecule has 0 unspecified atom stereocenters. The quantitative estimate of drug-likeness (QED) is 0.915. The van der Waals surface area contributed by atoms with Gasteiger partial charge in [-0.25, -0.2) is 9.18 Å². The van der Waals surface area contributed by atoms with Gasteiger partial charge < -0.3 is 14.7 Å². The summed E-state index contributed by atoms with van der Waals surface area (Å²) in [6.45, 7) is 0.392. The van der Waals surface area contributed by atoms with Crippen LogP contribution in [0.1, 0.15) is 5.56 Å². The van der Waals surface area contributed by atoms with E-state index in [2.05, 4.69) is 0 Å². The molecule has 0 bridgehead atoms. The van der Waals surface area contributed by atoms with Crippen LogP contribution in [0.25, 0.3) is 0 Å². The van der Waals surface area contributed by atoms with Crippen molar-refractivity contribution < 1.29 is 23.8 Å². The van der Waals surface area contributed by atoms with Crippen molar-refractivity contribution in [3.63, 3.8) is 0 Å². The fourth-order valence-electron chi connectivity index (χ4n) is 1.99. The summed E-state index contributed by atoms with van der Waals surface area (Å²) in [5.74, 6) is -2.04. The maximum absolute atomic E-state index is 13.6. The van der Waals surface area contributed by atoms with Crippen LogP contribution in [0.15, 0.2) is 18.2 Å². The molecule has 108 valence electrons. The lowest BCUT2D eigenvalue weighted by Crippen LogP contribution is -2.49. The summed E-state index contributed by atoms with van der Waals surface area (Å²) in [5.41, 5.74) is 0.123. The molecule has 0 aliphatic carbocycles. The van der Waals surface area contributed by atoms with Crippen molar-refractivity contribution in [2.24, 2.45) is 0 Å². The number of nitrogens with zero attached hydrogens (tertiary/aromatic N) is 1. The molecule has 1 amide bonds. The van der Waals surface area contributed by atoms with E-state index >= 15 is 0 Å². The third-order valence-corrected chi connectivity index (χ3v) is 3.44. The number of amides is 1. The molecule has 2 rings (SSSR count). The van der Waals surface area contributed by atoms with E-state index in [0.717, 1.165) is 0 Å². The average Bonchev–Trinajstić information content (AvgIpc) is 2.43. The van der Waals surface area contributed by atoms with Gasteiger partial charge in [0.1, 0.15) is 5.82 Å². The fraction of sp³-hybridized carbons (Fsp3) is 0.385. The predicted molar refractivity (Wildman–Crippen MR) is 69.1 cm³/mol. The Hall–Kier alpha value is -1.66. The van der Waals surface area contributed by atoms with Crippen LogP contribution in [-0.2, 0) is 20.7 Å². The average molecular weight is 302 g/mol. The zero-order valence-corrected chi connectivity index (χ0v) is 11.3. The van der Waals surface area contributed by atoms with Gasteiger partial charge in [-0.15, -0.1) is 0 Å². The lowest BCUT2D eigenvalue weighted by atomic mass is 10.1. The fourth-order valence-corrected chi connectivity index (χ4v) is 2.22. The van der Waals surface area contributed by atoms with E-state index in [1.165, 1.54) is 23.1 Å². The Kier molecular flexibility index (Phi) is 4.57. The molecule has 0 spiro atoms. The standard InChI is InChI=1S/C13H13ClFNO4/c14-9-2-1-3-10(15)8(9)6-12(17)16-4-5-20-11(7-16)13(18)19/h1-3,11H,4-7H2,(H,18,19)/t11-/m1/s1. The molecule has 1 N–H and O–H groups in total. The molecule has 7 heteroatoms. The number of rotatable bonds is 3. The SMILES string of the molecule is O=C(O)[C@H]1CN(C(=O)Cc2c(F)cccc2Cl)CCO1. The predicted octanol–water partition coefficient (Wildman–Crippen LogP) is 1.33. The number of benzene rings is 1. The number of carbonyl (C=O) groups excluding carboxylic acids is 1. The van der Waals surface area contributed by atoms with Gasteiger partial charge in [-0.3, -0.25) is 4.79 Å². The molecule has 0 saturated carbocycles. The highest BCUT2D eigenvalue weighted by Gasteiger charge is 2.29. The number of halogens is 2. The Morgan fingerprint density at radius 3 is 2.90 bits per heavy atom. The molecule has 1 fully saturated rings. The Balaban J connectivity index is 2.06. The number of aliphatic carboxylic acids is 1. The van der Waals surface area contributed by atoms with Gasteiger partial charge in [-0.05, 0) is 12.1 Å². The number of morpholine rings is 1. The highest BCUT2D eigenvalue weighted by Crippen LogP contribution is 2.20. The van der Waals surface area contributed by atoms with Crippen molar-refractivity contribution in [2.45, 2.75) is 12.5 Å². The zero-order chi connectivity index (χ0) is 14.7. The van der Waals surface area contributed by atoms with Gasteiger partial charge >= 0.3 is 5.97 Å². The normalized spacial score (nSPS) is 18.9. The second kappa shape index (κ2) is 6.19. The smallest absolute Gasteiger partial charge is 0.334 e. The van der Waals surface area contributed by atoms with Crippen LogP contribution in [0.5, 0.6) is 0 Å². The Bertz CT molecular complexity index is 517. The van der Waals surface area contributed by atoms with Crippen molar-refractivity contribution in [3.8, 4) is 0 Å². The molecule has 1 heterocycles. The lowest BCUT2D eigenvalue weighted by molar-refractivity contribution is -0.159. The maximum atomic E-state index is 13.6. The lowest BCUT2D eigenvalue weighted by Gasteiger charge is -2.31.